The zero-order chi connectivity index (χ0) is 17.8. The molecule has 0 radical (unpaired) electrons. The summed E-state index contributed by atoms with van der Waals surface area (Å²) in [5.41, 5.74) is 7.31. The van der Waals surface area contributed by atoms with Crippen LogP contribution in [0.25, 0.3) is 0 Å². The minimum Gasteiger partial charge on any atom is -0.381 e. The number of carbonyl (C=O) groups is 1. The lowest BCUT2D eigenvalue weighted by molar-refractivity contribution is -0.122. The standard InChI is InChI=1S/C20H31N3O2.ClH/c1-19(14-21)7-10-23(16-19)13-18(24)22-15-20(8-11-25-12-9-20)17-5-3-2-4-6-17;/h2-6H,7-16,21H2,1H3,(H,22,24);1H. The van der Waals surface area contributed by atoms with Crippen LogP contribution in [0, 0.1) is 5.41 Å². The number of carbonyl (C=O) groups excluding carboxylic acids is 1. The van der Waals surface area contributed by atoms with Gasteiger partial charge in [-0.15, -0.1) is 12.4 Å². The molecule has 1 aromatic carbocycles. The third-order valence-electron chi connectivity index (χ3n) is 5.96. The maximum absolute atomic E-state index is 12.5. The van der Waals surface area contributed by atoms with E-state index in [2.05, 4.69) is 41.4 Å². The second-order valence-electron chi connectivity index (χ2n) is 8.01. The number of nitrogens with zero attached hydrogens (tertiary/aromatic N) is 1. The predicted molar refractivity (Wildman–Crippen MR) is 107 cm³/mol. The second-order valence-corrected chi connectivity index (χ2v) is 8.01. The van der Waals surface area contributed by atoms with E-state index in [1.54, 1.807) is 0 Å². The molecule has 1 amide bonds. The molecule has 2 aliphatic rings. The van der Waals surface area contributed by atoms with Gasteiger partial charge >= 0.3 is 0 Å². The molecule has 0 bridgehead atoms. The van der Waals surface area contributed by atoms with Gasteiger partial charge in [-0.25, -0.2) is 0 Å². The number of benzene rings is 1. The third kappa shape index (κ3) is 4.97. The van der Waals surface area contributed by atoms with Crippen LogP contribution < -0.4 is 11.1 Å². The first-order valence-corrected chi connectivity index (χ1v) is 9.38. The minimum atomic E-state index is -0.00798. The zero-order valence-electron chi connectivity index (χ0n) is 15.7. The number of likely N-dealkylation sites (tertiary alicyclic amines) is 1. The zero-order valence-corrected chi connectivity index (χ0v) is 16.5. The van der Waals surface area contributed by atoms with Crippen LogP contribution in [0.1, 0.15) is 31.7 Å². The molecular formula is C20H32ClN3O2. The molecule has 6 heteroatoms. The number of hydrogen-bond donors (Lipinski definition) is 2. The van der Waals surface area contributed by atoms with Crippen molar-refractivity contribution in [2.45, 2.75) is 31.6 Å². The van der Waals surface area contributed by atoms with Gasteiger partial charge in [-0.05, 0) is 43.3 Å². The van der Waals surface area contributed by atoms with Crippen molar-refractivity contribution in [3.05, 3.63) is 35.9 Å². The largest absolute Gasteiger partial charge is 0.381 e. The van der Waals surface area contributed by atoms with Gasteiger partial charge in [-0.3, -0.25) is 9.69 Å². The molecule has 3 rings (SSSR count). The third-order valence-corrected chi connectivity index (χ3v) is 5.96. The van der Waals surface area contributed by atoms with Crippen LogP contribution in [-0.2, 0) is 14.9 Å². The maximum atomic E-state index is 12.5. The molecule has 26 heavy (non-hydrogen) atoms. The predicted octanol–water partition coefficient (Wildman–Crippen LogP) is 1.94. The molecule has 2 aliphatic heterocycles. The summed E-state index contributed by atoms with van der Waals surface area (Å²) in [7, 11) is 0. The van der Waals surface area contributed by atoms with E-state index in [0.29, 0.717) is 19.6 Å². The average molecular weight is 382 g/mol. The summed E-state index contributed by atoms with van der Waals surface area (Å²) in [6, 6.07) is 10.5. The van der Waals surface area contributed by atoms with Gasteiger partial charge in [0.1, 0.15) is 0 Å². The number of hydrogen-bond acceptors (Lipinski definition) is 4. The first kappa shape index (κ1) is 21.2. The fourth-order valence-corrected chi connectivity index (χ4v) is 4.08. The number of nitrogens with two attached hydrogens (primary N) is 1. The van der Waals surface area contributed by atoms with E-state index in [0.717, 1.165) is 45.6 Å². The summed E-state index contributed by atoms with van der Waals surface area (Å²) >= 11 is 0. The van der Waals surface area contributed by atoms with Crippen molar-refractivity contribution in [3.63, 3.8) is 0 Å². The first-order chi connectivity index (χ1) is 12.1. The highest BCUT2D eigenvalue weighted by Crippen LogP contribution is 2.34. The van der Waals surface area contributed by atoms with Crippen molar-refractivity contribution in [2.75, 3.05) is 45.9 Å². The van der Waals surface area contributed by atoms with Crippen LogP contribution in [0.3, 0.4) is 0 Å². The van der Waals surface area contributed by atoms with E-state index >= 15 is 0 Å². The fourth-order valence-electron chi connectivity index (χ4n) is 4.08. The first-order valence-electron chi connectivity index (χ1n) is 9.38. The van der Waals surface area contributed by atoms with Crippen molar-refractivity contribution < 1.29 is 9.53 Å². The number of halogens is 1. The van der Waals surface area contributed by atoms with Crippen LogP contribution in [0.2, 0.25) is 0 Å². The average Bonchev–Trinajstić information content (AvgIpc) is 3.03. The summed E-state index contributed by atoms with van der Waals surface area (Å²) < 4.78 is 5.56. The Kier molecular flexibility index (Phi) is 7.47. The Balaban J connectivity index is 0.00000243. The molecule has 2 fully saturated rings. The Hall–Kier alpha value is -1.14. The summed E-state index contributed by atoms with van der Waals surface area (Å²) in [4.78, 5) is 14.7. The molecule has 3 N–H and O–H groups in total. The van der Waals surface area contributed by atoms with E-state index in [4.69, 9.17) is 10.5 Å². The van der Waals surface area contributed by atoms with Crippen LogP contribution in [0.4, 0.5) is 0 Å². The quantitative estimate of drug-likeness (QED) is 0.790. The van der Waals surface area contributed by atoms with Crippen molar-refractivity contribution >= 4 is 18.3 Å². The molecular weight excluding hydrogens is 350 g/mol. The second kappa shape index (κ2) is 9.18. The molecule has 1 unspecified atom stereocenters. The maximum Gasteiger partial charge on any atom is 0.234 e. The van der Waals surface area contributed by atoms with Gasteiger partial charge in [0.25, 0.3) is 0 Å². The van der Waals surface area contributed by atoms with E-state index in [-0.39, 0.29) is 29.1 Å². The van der Waals surface area contributed by atoms with Crippen LogP contribution >= 0.6 is 12.4 Å². The van der Waals surface area contributed by atoms with Crippen LogP contribution in [0.15, 0.2) is 30.3 Å². The highest BCUT2D eigenvalue weighted by atomic mass is 35.5. The lowest BCUT2D eigenvalue weighted by Gasteiger charge is -2.38. The van der Waals surface area contributed by atoms with Gasteiger partial charge in [0, 0.05) is 31.7 Å². The Morgan fingerprint density at radius 3 is 2.54 bits per heavy atom. The molecule has 1 atom stereocenters. The molecule has 0 spiro atoms. The van der Waals surface area contributed by atoms with E-state index in [1.807, 2.05) is 6.07 Å². The Bertz CT molecular complexity index is 578. The van der Waals surface area contributed by atoms with E-state index < -0.39 is 0 Å². The topological polar surface area (TPSA) is 67.6 Å². The molecule has 5 nitrogen and oxygen atoms in total. The molecule has 0 aliphatic carbocycles. The molecule has 0 aromatic heterocycles. The van der Waals surface area contributed by atoms with Crippen molar-refractivity contribution in [1.82, 2.24) is 10.2 Å². The van der Waals surface area contributed by atoms with Crippen molar-refractivity contribution in [1.29, 1.82) is 0 Å². The monoisotopic (exact) mass is 381 g/mol. The summed E-state index contributed by atoms with van der Waals surface area (Å²) in [5.74, 6) is 0.114. The molecule has 1 aromatic rings. The molecule has 2 saturated heterocycles. The highest BCUT2D eigenvalue weighted by Gasteiger charge is 2.36. The molecule has 2 heterocycles. The number of nitrogens with one attached hydrogen (secondary N) is 1. The van der Waals surface area contributed by atoms with Gasteiger partial charge in [0.2, 0.25) is 5.91 Å². The molecule has 146 valence electrons. The van der Waals surface area contributed by atoms with Crippen molar-refractivity contribution in [2.24, 2.45) is 11.1 Å². The summed E-state index contributed by atoms with van der Waals surface area (Å²) in [6.07, 6.45) is 2.97. The van der Waals surface area contributed by atoms with E-state index in [1.165, 1.54) is 5.56 Å². The highest BCUT2D eigenvalue weighted by molar-refractivity contribution is 5.85. The summed E-state index contributed by atoms with van der Waals surface area (Å²) in [6.45, 7) is 7.42. The lowest BCUT2D eigenvalue weighted by Crippen LogP contribution is -2.47. The SMILES string of the molecule is CC1(CN)CCN(CC(=O)NCC2(c3ccccc3)CCOCC2)C1.Cl. The minimum absolute atomic E-state index is 0. The number of ether oxygens (including phenoxy) is 1. The van der Waals surface area contributed by atoms with Crippen molar-refractivity contribution in [3.8, 4) is 0 Å². The normalized spacial score (nSPS) is 25.5. The van der Waals surface area contributed by atoms with Crippen LogP contribution in [-0.4, -0.2) is 56.7 Å². The van der Waals surface area contributed by atoms with Gasteiger partial charge < -0.3 is 15.8 Å². The Morgan fingerprint density at radius 1 is 1.23 bits per heavy atom. The lowest BCUT2D eigenvalue weighted by atomic mass is 9.74. The van der Waals surface area contributed by atoms with Crippen LogP contribution in [0.5, 0.6) is 0 Å². The number of rotatable bonds is 6. The van der Waals surface area contributed by atoms with Gasteiger partial charge in [-0.2, -0.15) is 0 Å². The Morgan fingerprint density at radius 2 is 1.92 bits per heavy atom. The van der Waals surface area contributed by atoms with Gasteiger partial charge in [0.15, 0.2) is 0 Å². The molecule has 0 saturated carbocycles. The Labute approximate surface area is 163 Å². The smallest absolute Gasteiger partial charge is 0.234 e. The van der Waals surface area contributed by atoms with E-state index in [9.17, 15) is 4.79 Å². The van der Waals surface area contributed by atoms with Gasteiger partial charge in [0.05, 0.1) is 6.54 Å². The van der Waals surface area contributed by atoms with Gasteiger partial charge in [-0.1, -0.05) is 37.3 Å². The summed E-state index contributed by atoms with van der Waals surface area (Å²) in [5, 5.41) is 3.20. The number of amides is 1. The fraction of sp³-hybridized carbons (Fsp3) is 0.650.